The first-order chi connectivity index (χ1) is 8.63. The highest BCUT2D eigenvalue weighted by atomic mass is 16.2. The van der Waals surface area contributed by atoms with E-state index in [1.54, 1.807) is 6.08 Å². The molecule has 2 amide bonds. The molecular weight excluding hydrogens is 230 g/mol. The standard InChI is InChI=1S/C13H23N3O2/c1-3-6-14-10-13(18)16-7-4-12(5-8-16)9-15-11(2)17/h3,12,14H,1,4-10H2,2H3,(H,15,17). The van der Waals surface area contributed by atoms with Gasteiger partial charge < -0.3 is 15.5 Å². The molecule has 1 heterocycles. The molecule has 1 saturated heterocycles. The van der Waals surface area contributed by atoms with Crippen molar-refractivity contribution in [2.75, 3.05) is 32.7 Å². The minimum Gasteiger partial charge on any atom is -0.356 e. The van der Waals surface area contributed by atoms with Crippen LogP contribution in [0.15, 0.2) is 12.7 Å². The molecule has 1 rings (SSSR count). The second kappa shape index (κ2) is 7.87. The van der Waals surface area contributed by atoms with Gasteiger partial charge in [0.2, 0.25) is 11.8 Å². The van der Waals surface area contributed by atoms with Crippen LogP contribution in [0.25, 0.3) is 0 Å². The van der Waals surface area contributed by atoms with E-state index >= 15 is 0 Å². The molecule has 102 valence electrons. The number of hydrogen-bond donors (Lipinski definition) is 2. The van der Waals surface area contributed by atoms with Gasteiger partial charge in [-0.3, -0.25) is 9.59 Å². The van der Waals surface area contributed by atoms with Crippen LogP contribution in [-0.4, -0.2) is 49.4 Å². The molecule has 0 aromatic heterocycles. The van der Waals surface area contributed by atoms with E-state index in [4.69, 9.17) is 0 Å². The van der Waals surface area contributed by atoms with Gasteiger partial charge in [-0.25, -0.2) is 0 Å². The minimum absolute atomic E-state index is 0.0159. The molecule has 18 heavy (non-hydrogen) atoms. The van der Waals surface area contributed by atoms with Gasteiger partial charge in [0.05, 0.1) is 6.54 Å². The second-order valence-electron chi connectivity index (χ2n) is 4.68. The van der Waals surface area contributed by atoms with Gasteiger partial charge >= 0.3 is 0 Å². The Morgan fingerprint density at radius 3 is 2.61 bits per heavy atom. The summed E-state index contributed by atoms with van der Waals surface area (Å²) in [5, 5.41) is 5.85. The van der Waals surface area contributed by atoms with Crippen LogP contribution >= 0.6 is 0 Å². The molecule has 0 spiro atoms. The molecule has 0 aliphatic carbocycles. The normalized spacial score (nSPS) is 16.4. The maximum Gasteiger partial charge on any atom is 0.236 e. The van der Waals surface area contributed by atoms with Gasteiger partial charge in [-0.2, -0.15) is 0 Å². The molecule has 2 N–H and O–H groups in total. The van der Waals surface area contributed by atoms with Crippen molar-refractivity contribution in [3.05, 3.63) is 12.7 Å². The monoisotopic (exact) mass is 253 g/mol. The Balaban J connectivity index is 2.19. The molecule has 1 aliphatic heterocycles. The highest BCUT2D eigenvalue weighted by Gasteiger charge is 2.22. The van der Waals surface area contributed by atoms with Gasteiger partial charge in [0.15, 0.2) is 0 Å². The third kappa shape index (κ3) is 5.31. The lowest BCUT2D eigenvalue weighted by molar-refractivity contribution is -0.131. The van der Waals surface area contributed by atoms with E-state index in [0.29, 0.717) is 19.0 Å². The molecule has 5 heteroatoms. The van der Waals surface area contributed by atoms with Crippen LogP contribution in [0.5, 0.6) is 0 Å². The third-order valence-electron chi connectivity index (χ3n) is 3.17. The maximum absolute atomic E-state index is 11.8. The molecule has 1 aliphatic rings. The maximum atomic E-state index is 11.8. The van der Waals surface area contributed by atoms with E-state index in [1.165, 1.54) is 6.92 Å². The van der Waals surface area contributed by atoms with Crippen LogP contribution in [-0.2, 0) is 9.59 Å². The van der Waals surface area contributed by atoms with Crippen molar-refractivity contribution >= 4 is 11.8 Å². The van der Waals surface area contributed by atoms with E-state index in [0.717, 1.165) is 32.5 Å². The quantitative estimate of drug-likeness (QED) is 0.523. The summed E-state index contributed by atoms with van der Waals surface area (Å²) in [5.74, 6) is 0.663. The first-order valence-electron chi connectivity index (χ1n) is 6.47. The largest absolute Gasteiger partial charge is 0.356 e. The molecule has 0 bridgehead atoms. The third-order valence-corrected chi connectivity index (χ3v) is 3.17. The molecule has 0 radical (unpaired) electrons. The zero-order chi connectivity index (χ0) is 13.4. The van der Waals surface area contributed by atoms with E-state index in [-0.39, 0.29) is 11.8 Å². The lowest BCUT2D eigenvalue weighted by Crippen LogP contribution is -2.44. The second-order valence-corrected chi connectivity index (χ2v) is 4.68. The fraction of sp³-hybridized carbons (Fsp3) is 0.692. The van der Waals surface area contributed by atoms with Crippen molar-refractivity contribution in [3.8, 4) is 0 Å². The number of nitrogens with one attached hydrogen (secondary N) is 2. The first-order valence-corrected chi connectivity index (χ1v) is 6.47. The van der Waals surface area contributed by atoms with E-state index < -0.39 is 0 Å². The first kappa shape index (κ1) is 14.7. The van der Waals surface area contributed by atoms with Gasteiger partial charge in [-0.05, 0) is 18.8 Å². The molecule has 0 aromatic carbocycles. The topological polar surface area (TPSA) is 61.4 Å². The summed E-state index contributed by atoms with van der Waals surface area (Å²) < 4.78 is 0. The van der Waals surface area contributed by atoms with E-state index in [1.807, 2.05) is 4.90 Å². The number of piperidine rings is 1. The Kier molecular flexibility index (Phi) is 6.43. The van der Waals surface area contributed by atoms with Crippen molar-refractivity contribution in [1.29, 1.82) is 0 Å². The van der Waals surface area contributed by atoms with Crippen molar-refractivity contribution < 1.29 is 9.59 Å². The molecule has 5 nitrogen and oxygen atoms in total. The number of rotatable bonds is 6. The SMILES string of the molecule is C=CCNCC(=O)N1CCC(CNC(C)=O)CC1. The Bertz CT molecular complexity index is 297. The molecule has 0 aromatic rings. The predicted molar refractivity (Wildman–Crippen MR) is 71.1 cm³/mol. The smallest absolute Gasteiger partial charge is 0.236 e. The van der Waals surface area contributed by atoms with Crippen LogP contribution in [0.1, 0.15) is 19.8 Å². The van der Waals surface area contributed by atoms with E-state index in [9.17, 15) is 9.59 Å². The number of carbonyl (C=O) groups is 2. The zero-order valence-corrected chi connectivity index (χ0v) is 11.1. The number of hydrogen-bond acceptors (Lipinski definition) is 3. The van der Waals surface area contributed by atoms with Gasteiger partial charge in [0.25, 0.3) is 0 Å². The highest BCUT2D eigenvalue weighted by Crippen LogP contribution is 2.16. The number of nitrogens with zero attached hydrogens (tertiary/aromatic N) is 1. The molecule has 0 unspecified atom stereocenters. The number of amides is 2. The summed E-state index contributed by atoms with van der Waals surface area (Å²) in [6.45, 7) is 8.47. The van der Waals surface area contributed by atoms with Crippen LogP contribution in [0, 0.1) is 5.92 Å². The Morgan fingerprint density at radius 2 is 2.06 bits per heavy atom. The highest BCUT2D eigenvalue weighted by molar-refractivity contribution is 5.78. The average molecular weight is 253 g/mol. The number of carbonyl (C=O) groups excluding carboxylic acids is 2. The molecule has 1 fully saturated rings. The van der Waals surface area contributed by atoms with Gasteiger partial charge in [0, 0.05) is 33.1 Å². The summed E-state index contributed by atoms with van der Waals surface area (Å²) in [4.78, 5) is 24.5. The number of likely N-dealkylation sites (tertiary alicyclic amines) is 1. The van der Waals surface area contributed by atoms with Crippen molar-refractivity contribution in [3.63, 3.8) is 0 Å². The Hall–Kier alpha value is -1.36. The van der Waals surface area contributed by atoms with Gasteiger partial charge in [-0.15, -0.1) is 6.58 Å². The summed E-state index contributed by atoms with van der Waals surface area (Å²) in [5.41, 5.74) is 0. The van der Waals surface area contributed by atoms with E-state index in [2.05, 4.69) is 17.2 Å². The van der Waals surface area contributed by atoms with Crippen molar-refractivity contribution in [2.24, 2.45) is 5.92 Å². The predicted octanol–water partition coefficient (Wildman–Crippen LogP) is 0.137. The fourth-order valence-electron chi connectivity index (χ4n) is 2.07. The van der Waals surface area contributed by atoms with Crippen LogP contribution in [0.3, 0.4) is 0 Å². The summed E-state index contributed by atoms with van der Waals surface area (Å²) in [6, 6.07) is 0. The molecule has 0 atom stereocenters. The van der Waals surface area contributed by atoms with Crippen molar-refractivity contribution in [1.82, 2.24) is 15.5 Å². The summed E-state index contributed by atoms with van der Waals surface area (Å²) in [7, 11) is 0. The summed E-state index contributed by atoms with van der Waals surface area (Å²) in [6.07, 6.45) is 3.67. The van der Waals surface area contributed by atoms with Gasteiger partial charge in [-0.1, -0.05) is 6.08 Å². The lowest BCUT2D eigenvalue weighted by atomic mass is 9.97. The molecular formula is C13H23N3O2. The lowest BCUT2D eigenvalue weighted by Gasteiger charge is -2.32. The zero-order valence-electron chi connectivity index (χ0n) is 11.1. The minimum atomic E-state index is 0.0159. The van der Waals surface area contributed by atoms with Crippen LogP contribution < -0.4 is 10.6 Å². The Morgan fingerprint density at radius 1 is 1.39 bits per heavy atom. The van der Waals surface area contributed by atoms with Crippen LogP contribution in [0.2, 0.25) is 0 Å². The average Bonchev–Trinajstić information content (AvgIpc) is 2.37. The fourth-order valence-corrected chi connectivity index (χ4v) is 2.07. The van der Waals surface area contributed by atoms with Crippen molar-refractivity contribution in [2.45, 2.75) is 19.8 Å². The summed E-state index contributed by atoms with van der Waals surface area (Å²) >= 11 is 0. The van der Waals surface area contributed by atoms with Gasteiger partial charge in [0.1, 0.15) is 0 Å². The van der Waals surface area contributed by atoms with Crippen LogP contribution in [0.4, 0.5) is 0 Å². The Labute approximate surface area is 109 Å². The molecule has 0 saturated carbocycles.